The van der Waals surface area contributed by atoms with Crippen LogP contribution in [0.15, 0.2) is 51.2 Å². The number of aliphatic imine (C=N–C) groups is 1. The van der Waals surface area contributed by atoms with Crippen LogP contribution in [-0.2, 0) is 9.57 Å². The van der Waals surface area contributed by atoms with Crippen molar-refractivity contribution in [2.24, 2.45) is 10.7 Å². The maximum absolute atomic E-state index is 12.5. The summed E-state index contributed by atoms with van der Waals surface area (Å²) in [6.07, 6.45) is 0. The number of nitrogens with zero attached hydrogens (tertiary/aromatic N) is 2. The fourth-order valence-electron chi connectivity index (χ4n) is 2.94. The lowest BCUT2D eigenvalue weighted by atomic mass is 10.1. The zero-order chi connectivity index (χ0) is 19.7. The van der Waals surface area contributed by atoms with E-state index >= 15 is 0 Å². The van der Waals surface area contributed by atoms with Gasteiger partial charge in [0.05, 0.1) is 43.1 Å². The van der Waals surface area contributed by atoms with Crippen LogP contribution in [0.25, 0.3) is 0 Å². The molecule has 2 aliphatic rings. The number of amides is 1. The highest BCUT2D eigenvalue weighted by Gasteiger charge is 2.23. The Balaban J connectivity index is 1.66. The second-order valence-corrected chi connectivity index (χ2v) is 7.59. The molecule has 2 aromatic rings. The van der Waals surface area contributed by atoms with Crippen molar-refractivity contribution in [1.29, 1.82) is 0 Å². The lowest BCUT2D eigenvalue weighted by Crippen LogP contribution is -2.37. The molecule has 0 saturated carbocycles. The molecule has 2 aromatic carbocycles. The second kappa shape index (κ2) is 7.92. The summed E-state index contributed by atoms with van der Waals surface area (Å²) in [4.78, 5) is 35.6. The number of carbonyl (C=O) groups excluding carboxylic acids is 2. The van der Waals surface area contributed by atoms with E-state index in [1.54, 1.807) is 35.4 Å². The van der Waals surface area contributed by atoms with Gasteiger partial charge in [0.2, 0.25) is 5.91 Å². The van der Waals surface area contributed by atoms with Gasteiger partial charge >= 0.3 is 5.97 Å². The molecule has 1 saturated heterocycles. The number of morpholine rings is 1. The van der Waals surface area contributed by atoms with Gasteiger partial charge in [-0.15, -0.1) is 5.06 Å². The van der Waals surface area contributed by atoms with Crippen LogP contribution >= 0.6 is 23.4 Å². The van der Waals surface area contributed by atoms with E-state index in [1.807, 2.05) is 6.07 Å². The summed E-state index contributed by atoms with van der Waals surface area (Å²) in [5.41, 5.74) is 7.16. The largest absolute Gasteiger partial charge is 0.379 e. The molecule has 4 rings (SSSR count). The van der Waals surface area contributed by atoms with Crippen molar-refractivity contribution in [3.63, 3.8) is 0 Å². The molecule has 1 amide bonds. The van der Waals surface area contributed by atoms with Crippen molar-refractivity contribution in [3.8, 4) is 0 Å². The van der Waals surface area contributed by atoms with Crippen LogP contribution in [0.2, 0.25) is 0 Å². The number of fused-ring (bicyclic) bond motifs is 2. The third kappa shape index (κ3) is 3.77. The zero-order valence-corrected chi connectivity index (χ0v) is 16.3. The Morgan fingerprint density at radius 2 is 1.96 bits per heavy atom. The van der Waals surface area contributed by atoms with Crippen molar-refractivity contribution in [1.82, 2.24) is 5.06 Å². The third-order valence-electron chi connectivity index (χ3n) is 4.31. The van der Waals surface area contributed by atoms with Gasteiger partial charge in [0.15, 0.2) is 0 Å². The minimum Gasteiger partial charge on any atom is -0.379 e. The number of nitrogens with two attached hydrogens (primary N) is 1. The van der Waals surface area contributed by atoms with Crippen LogP contribution in [0.4, 0.5) is 5.69 Å². The average Bonchev–Trinajstić information content (AvgIpc) is 2.83. The molecule has 2 heterocycles. The number of hydrogen-bond donors (Lipinski definition) is 1. The molecule has 2 aliphatic heterocycles. The minimum atomic E-state index is -0.577. The number of hydroxylamine groups is 2. The molecule has 2 N–H and O–H groups in total. The first-order valence-electron chi connectivity index (χ1n) is 8.57. The maximum Gasteiger partial charge on any atom is 0.357 e. The highest BCUT2D eigenvalue weighted by Crippen LogP contribution is 2.42. The van der Waals surface area contributed by atoms with E-state index in [1.165, 1.54) is 11.8 Å². The van der Waals surface area contributed by atoms with Crippen LogP contribution in [0.1, 0.15) is 26.3 Å². The lowest BCUT2D eigenvalue weighted by molar-refractivity contribution is -0.150. The van der Waals surface area contributed by atoms with Gasteiger partial charge in [0.1, 0.15) is 5.17 Å². The van der Waals surface area contributed by atoms with Crippen molar-refractivity contribution in [2.75, 3.05) is 26.3 Å². The molecule has 0 spiro atoms. The molecule has 0 bridgehead atoms. The highest BCUT2D eigenvalue weighted by atomic mass is 35.5. The first-order chi connectivity index (χ1) is 13.5. The Bertz CT molecular complexity index is 989. The molecule has 0 unspecified atom stereocenters. The average molecular weight is 418 g/mol. The fourth-order valence-corrected chi connectivity index (χ4v) is 4.33. The Labute approximate surface area is 170 Å². The number of carbonyl (C=O) groups is 2. The Kier molecular flexibility index (Phi) is 5.36. The van der Waals surface area contributed by atoms with E-state index in [4.69, 9.17) is 26.9 Å². The molecule has 0 aromatic heterocycles. The quantitative estimate of drug-likeness (QED) is 0.825. The molecule has 28 heavy (non-hydrogen) atoms. The van der Waals surface area contributed by atoms with E-state index in [9.17, 15) is 9.59 Å². The minimum absolute atomic E-state index is 0.148. The normalized spacial score (nSPS) is 16.4. The molecular weight excluding hydrogens is 402 g/mol. The Hall–Kier alpha value is -2.39. The topological polar surface area (TPSA) is 94.2 Å². The Morgan fingerprint density at radius 1 is 1.18 bits per heavy atom. The SMILES string of the molecule is NC(=O)c1cccc2c1C(Cl)=Nc1cc(C(=O)ON3CCOCC3)ccc1S2. The number of halogens is 1. The van der Waals surface area contributed by atoms with Gasteiger partial charge in [-0.2, -0.15) is 0 Å². The number of benzene rings is 2. The van der Waals surface area contributed by atoms with E-state index in [-0.39, 0.29) is 5.17 Å². The van der Waals surface area contributed by atoms with Crippen molar-refractivity contribution < 1.29 is 19.2 Å². The van der Waals surface area contributed by atoms with E-state index in [0.29, 0.717) is 48.7 Å². The number of primary amides is 1. The van der Waals surface area contributed by atoms with Gasteiger partial charge in [-0.05, 0) is 30.3 Å². The van der Waals surface area contributed by atoms with E-state index in [0.717, 1.165) is 9.79 Å². The fraction of sp³-hybridized carbons (Fsp3) is 0.211. The molecule has 0 radical (unpaired) electrons. The van der Waals surface area contributed by atoms with Crippen LogP contribution in [0, 0.1) is 0 Å². The van der Waals surface area contributed by atoms with Crippen LogP contribution in [0.5, 0.6) is 0 Å². The van der Waals surface area contributed by atoms with Crippen LogP contribution < -0.4 is 5.73 Å². The predicted molar refractivity (Wildman–Crippen MR) is 105 cm³/mol. The van der Waals surface area contributed by atoms with Crippen molar-refractivity contribution in [2.45, 2.75) is 9.79 Å². The second-order valence-electron chi connectivity index (χ2n) is 6.15. The Morgan fingerprint density at radius 3 is 2.71 bits per heavy atom. The first kappa shape index (κ1) is 18.9. The summed E-state index contributed by atoms with van der Waals surface area (Å²) >= 11 is 7.82. The van der Waals surface area contributed by atoms with Crippen LogP contribution in [0.3, 0.4) is 0 Å². The van der Waals surface area contributed by atoms with Gasteiger partial charge in [-0.3, -0.25) is 4.79 Å². The molecule has 7 nitrogen and oxygen atoms in total. The van der Waals surface area contributed by atoms with Gasteiger partial charge in [0.25, 0.3) is 0 Å². The van der Waals surface area contributed by atoms with Gasteiger partial charge in [-0.25, -0.2) is 9.79 Å². The molecular formula is C19H16ClN3O4S. The smallest absolute Gasteiger partial charge is 0.357 e. The molecule has 9 heteroatoms. The number of rotatable bonds is 3. The summed E-state index contributed by atoms with van der Waals surface area (Å²) in [5.74, 6) is -1.05. The van der Waals surface area contributed by atoms with Gasteiger partial charge < -0.3 is 15.3 Å². The molecule has 0 aliphatic carbocycles. The standard InChI is InChI=1S/C19H16ClN3O4S/c20-17-16-12(18(21)24)2-1-3-15(16)28-14-5-4-11(10-13(14)22-17)19(25)27-23-6-8-26-9-7-23/h1-5,10H,6-9H2,(H2,21,24). The summed E-state index contributed by atoms with van der Waals surface area (Å²) in [5, 5.41) is 1.73. The monoisotopic (exact) mass is 417 g/mol. The molecule has 1 fully saturated rings. The lowest BCUT2D eigenvalue weighted by Gasteiger charge is -2.25. The summed E-state index contributed by atoms with van der Waals surface area (Å²) in [7, 11) is 0. The van der Waals surface area contributed by atoms with Gasteiger partial charge in [0, 0.05) is 15.4 Å². The molecule has 0 atom stereocenters. The van der Waals surface area contributed by atoms with E-state index < -0.39 is 11.9 Å². The van der Waals surface area contributed by atoms with Crippen molar-refractivity contribution >= 4 is 46.1 Å². The molecule has 144 valence electrons. The summed E-state index contributed by atoms with van der Waals surface area (Å²) in [6.45, 7) is 2.10. The zero-order valence-electron chi connectivity index (χ0n) is 14.7. The summed E-state index contributed by atoms with van der Waals surface area (Å²) < 4.78 is 5.24. The van der Waals surface area contributed by atoms with Gasteiger partial charge in [-0.1, -0.05) is 29.4 Å². The number of hydrogen-bond acceptors (Lipinski definition) is 7. The third-order valence-corrected chi connectivity index (χ3v) is 5.71. The number of ether oxygens (including phenoxy) is 1. The maximum atomic E-state index is 12.5. The first-order valence-corrected chi connectivity index (χ1v) is 9.76. The predicted octanol–water partition coefficient (Wildman–Crippen LogP) is 2.97. The van der Waals surface area contributed by atoms with Crippen molar-refractivity contribution in [3.05, 3.63) is 53.1 Å². The van der Waals surface area contributed by atoms with E-state index in [2.05, 4.69) is 4.99 Å². The highest BCUT2D eigenvalue weighted by molar-refractivity contribution is 7.99. The summed E-state index contributed by atoms with van der Waals surface area (Å²) in [6, 6.07) is 10.3. The van der Waals surface area contributed by atoms with Crippen LogP contribution in [-0.4, -0.2) is 48.4 Å².